The zero-order valence-corrected chi connectivity index (χ0v) is 17.4. The number of amides is 1. The molecule has 2 aliphatic rings. The van der Waals surface area contributed by atoms with E-state index in [-0.39, 0.29) is 36.5 Å². The molecule has 5 nitrogen and oxygen atoms in total. The second-order valence-electron chi connectivity index (χ2n) is 8.62. The fourth-order valence-corrected chi connectivity index (χ4v) is 5.24. The minimum atomic E-state index is -0.249. The van der Waals surface area contributed by atoms with Gasteiger partial charge in [0.15, 0.2) is 5.78 Å². The summed E-state index contributed by atoms with van der Waals surface area (Å²) in [5, 5.41) is 1.94. The summed E-state index contributed by atoms with van der Waals surface area (Å²) in [6.45, 7) is 0.280. The van der Waals surface area contributed by atoms with E-state index in [0.717, 1.165) is 41.2 Å². The molecule has 0 spiro atoms. The minimum Gasteiger partial charge on any atom is -0.445 e. The van der Waals surface area contributed by atoms with E-state index in [9.17, 15) is 9.59 Å². The van der Waals surface area contributed by atoms with E-state index in [1.165, 1.54) is 0 Å². The topological polar surface area (TPSA) is 59.5 Å². The molecule has 2 aliphatic heterocycles. The molecule has 0 saturated carbocycles. The standard InChI is InChI=1S/C26H26N2O3/c29-25(24-11-4-8-19-16-27-13-12-23(19)24)20-14-21-9-5-10-22(15-20)28(21)26(30)31-17-18-6-2-1-3-7-18/h1-4,6-8,11-13,16,20-22H,5,9-10,14-15,17H2. The molecule has 5 rings (SSSR count). The van der Waals surface area contributed by atoms with Crippen LogP contribution in [0.3, 0.4) is 0 Å². The number of hydrogen-bond donors (Lipinski definition) is 0. The molecule has 3 heterocycles. The summed E-state index contributed by atoms with van der Waals surface area (Å²) in [6.07, 6.45) is 7.65. The first-order chi connectivity index (χ1) is 15.2. The lowest BCUT2D eigenvalue weighted by molar-refractivity contribution is 0.00476. The van der Waals surface area contributed by atoms with Gasteiger partial charge in [-0.15, -0.1) is 0 Å². The zero-order chi connectivity index (χ0) is 21.2. The van der Waals surface area contributed by atoms with Crippen molar-refractivity contribution in [3.05, 3.63) is 78.1 Å². The van der Waals surface area contributed by atoms with E-state index >= 15 is 0 Å². The third-order valence-electron chi connectivity index (χ3n) is 6.71. The van der Waals surface area contributed by atoms with E-state index in [2.05, 4.69) is 4.98 Å². The number of nitrogens with zero attached hydrogens (tertiary/aromatic N) is 2. The van der Waals surface area contributed by atoms with Crippen molar-refractivity contribution in [2.24, 2.45) is 5.92 Å². The van der Waals surface area contributed by atoms with Crippen molar-refractivity contribution in [2.45, 2.75) is 50.8 Å². The molecule has 0 radical (unpaired) electrons. The zero-order valence-electron chi connectivity index (χ0n) is 17.4. The van der Waals surface area contributed by atoms with Crippen LogP contribution in [-0.2, 0) is 11.3 Å². The molecule has 0 aliphatic carbocycles. The number of carbonyl (C=O) groups is 2. The third-order valence-corrected chi connectivity index (χ3v) is 6.71. The lowest BCUT2D eigenvalue weighted by Crippen LogP contribution is -2.55. The Bertz CT molecular complexity index is 1080. The number of ether oxygens (including phenoxy) is 1. The van der Waals surface area contributed by atoms with Crippen LogP contribution in [0.2, 0.25) is 0 Å². The molecule has 0 N–H and O–H groups in total. The van der Waals surface area contributed by atoms with Gasteiger partial charge in [0.2, 0.25) is 0 Å². The van der Waals surface area contributed by atoms with Gasteiger partial charge in [0.25, 0.3) is 0 Å². The number of pyridine rings is 1. The monoisotopic (exact) mass is 414 g/mol. The van der Waals surface area contributed by atoms with Gasteiger partial charge in [-0.3, -0.25) is 9.78 Å². The fraction of sp³-hybridized carbons (Fsp3) is 0.346. The van der Waals surface area contributed by atoms with Crippen LogP contribution in [0.1, 0.15) is 48.0 Å². The van der Waals surface area contributed by atoms with Crippen LogP contribution >= 0.6 is 0 Å². The highest BCUT2D eigenvalue weighted by atomic mass is 16.6. The molecule has 158 valence electrons. The summed E-state index contributed by atoms with van der Waals surface area (Å²) in [5.41, 5.74) is 1.75. The Morgan fingerprint density at radius 2 is 1.74 bits per heavy atom. The third kappa shape index (κ3) is 3.92. The van der Waals surface area contributed by atoms with E-state index < -0.39 is 0 Å². The van der Waals surface area contributed by atoms with Gasteiger partial charge in [-0.2, -0.15) is 0 Å². The number of carbonyl (C=O) groups excluding carboxylic acids is 2. The first-order valence-corrected chi connectivity index (χ1v) is 11.1. The molecule has 1 amide bonds. The van der Waals surface area contributed by atoms with Gasteiger partial charge >= 0.3 is 6.09 Å². The quantitative estimate of drug-likeness (QED) is 0.537. The van der Waals surface area contributed by atoms with Gasteiger partial charge in [-0.1, -0.05) is 48.5 Å². The molecule has 31 heavy (non-hydrogen) atoms. The van der Waals surface area contributed by atoms with Gasteiger partial charge < -0.3 is 9.64 Å². The van der Waals surface area contributed by atoms with E-state index in [0.29, 0.717) is 12.8 Å². The number of rotatable bonds is 4. The highest BCUT2D eigenvalue weighted by Gasteiger charge is 2.43. The van der Waals surface area contributed by atoms with Crippen LogP contribution in [-0.4, -0.2) is 33.8 Å². The first kappa shape index (κ1) is 19.7. The van der Waals surface area contributed by atoms with Crippen LogP contribution in [0.25, 0.3) is 10.8 Å². The normalized spacial score (nSPS) is 22.8. The molecule has 1 aromatic heterocycles. The van der Waals surface area contributed by atoms with E-state index in [4.69, 9.17) is 4.74 Å². The Hall–Kier alpha value is -3.21. The molecule has 3 aromatic rings. The van der Waals surface area contributed by atoms with Gasteiger partial charge in [-0.05, 0) is 49.1 Å². The van der Waals surface area contributed by atoms with Crippen molar-refractivity contribution >= 4 is 22.6 Å². The van der Waals surface area contributed by atoms with Crippen LogP contribution in [0.5, 0.6) is 0 Å². The fourth-order valence-electron chi connectivity index (χ4n) is 5.24. The van der Waals surface area contributed by atoms with Gasteiger partial charge in [0.1, 0.15) is 6.61 Å². The molecule has 2 unspecified atom stereocenters. The van der Waals surface area contributed by atoms with Crippen molar-refractivity contribution in [2.75, 3.05) is 0 Å². The number of aromatic nitrogens is 1. The summed E-state index contributed by atoms with van der Waals surface area (Å²) < 4.78 is 5.64. The van der Waals surface area contributed by atoms with Crippen LogP contribution < -0.4 is 0 Å². The van der Waals surface area contributed by atoms with Gasteiger partial charge in [0.05, 0.1) is 0 Å². The van der Waals surface area contributed by atoms with Crippen molar-refractivity contribution < 1.29 is 14.3 Å². The summed E-state index contributed by atoms with van der Waals surface area (Å²) in [7, 11) is 0. The summed E-state index contributed by atoms with van der Waals surface area (Å²) in [4.78, 5) is 32.5. The van der Waals surface area contributed by atoms with Crippen molar-refractivity contribution in [3.8, 4) is 0 Å². The van der Waals surface area contributed by atoms with Crippen molar-refractivity contribution in [1.29, 1.82) is 0 Å². The SMILES string of the molecule is O=C(c1cccc2cnccc12)C1CC2CCCC(C1)N2C(=O)OCc1ccccc1. The number of benzene rings is 2. The maximum atomic E-state index is 13.5. The maximum Gasteiger partial charge on any atom is 0.410 e. The molecule has 2 bridgehead atoms. The highest BCUT2D eigenvalue weighted by Crippen LogP contribution is 2.39. The highest BCUT2D eigenvalue weighted by molar-refractivity contribution is 6.09. The summed E-state index contributed by atoms with van der Waals surface area (Å²) in [6, 6.07) is 17.6. The van der Waals surface area contributed by atoms with Gasteiger partial charge in [0, 0.05) is 41.3 Å². The first-order valence-electron chi connectivity index (χ1n) is 11.1. The molecular formula is C26H26N2O3. The van der Waals surface area contributed by atoms with Crippen molar-refractivity contribution in [1.82, 2.24) is 9.88 Å². The molecule has 2 atom stereocenters. The lowest BCUT2D eigenvalue weighted by atomic mass is 9.75. The average molecular weight is 415 g/mol. The van der Waals surface area contributed by atoms with Crippen LogP contribution in [0.15, 0.2) is 67.0 Å². The van der Waals surface area contributed by atoms with E-state index in [1.807, 2.05) is 59.5 Å². The smallest absolute Gasteiger partial charge is 0.410 e. The van der Waals surface area contributed by atoms with Crippen LogP contribution in [0, 0.1) is 5.92 Å². The Morgan fingerprint density at radius 1 is 0.968 bits per heavy atom. The Kier molecular flexibility index (Phi) is 5.41. The summed E-state index contributed by atoms with van der Waals surface area (Å²) in [5.74, 6) is 0.123. The maximum absolute atomic E-state index is 13.5. The average Bonchev–Trinajstić information content (AvgIpc) is 2.81. The predicted octanol–water partition coefficient (Wildman–Crippen LogP) is 5.39. The molecule has 2 saturated heterocycles. The predicted molar refractivity (Wildman–Crippen MR) is 119 cm³/mol. The number of ketones is 1. The lowest BCUT2D eigenvalue weighted by Gasteiger charge is -2.47. The molecule has 2 aromatic carbocycles. The molecule has 2 fully saturated rings. The Morgan fingerprint density at radius 3 is 2.52 bits per heavy atom. The molecular weight excluding hydrogens is 388 g/mol. The minimum absolute atomic E-state index is 0.0627. The Balaban J connectivity index is 1.31. The summed E-state index contributed by atoms with van der Waals surface area (Å²) >= 11 is 0. The number of hydrogen-bond acceptors (Lipinski definition) is 4. The van der Waals surface area contributed by atoms with Crippen LogP contribution in [0.4, 0.5) is 4.79 Å². The van der Waals surface area contributed by atoms with Gasteiger partial charge in [-0.25, -0.2) is 4.79 Å². The Labute approximate surface area is 182 Å². The largest absolute Gasteiger partial charge is 0.445 e. The number of Topliss-reactive ketones (excluding diaryl/α,β-unsaturated/α-hetero) is 1. The second-order valence-corrected chi connectivity index (χ2v) is 8.62. The van der Waals surface area contributed by atoms with Crippen molar-refractivity contribution in [3.63, 3.8) is 0 Å². The van der Waals surface area contributed by atoms with E-state index in [1.54, 1.807) is 12.4 Å². The second kappa shape index (κ2) is 8.50. The molecule has 5 heteroatoms. The number of fused-ring (bicyclic) bond motifs is 3. The number of piperidine rings is 2.